The van der Waals surface area contributed by atoms with Crippen LogP contribution < -0.4 is 0.0628 Å². The first-order valence-corrected chi connectivity index (χ1v) is 14.8. The van der Waals surface area contributed by atoms with Gasteiger partial charge in [-0.2, -0.15) is 0 Å². The van der Waals surface area contributed by atoms with E-state index in [-0.39, 0.29) is 21.7 Å². The van der Waals surface area contributed by atoms with Gasteiger partial charge in [0.15, 0.2) is 0 Å². The standard InChI is InChI=1S/2C12H20N.Ba/c2*1-11(2,3)9-7-8-10(13-9)12(4,5)6;/h2*7,13H,1-6H3;. The average Bonchev–Trinajstić information content (AvgIpc) is 3.00. The number of aromatic nitrogens is 2. The van der Waals surface area contributed by atoms with Crippen molar-refractivity contribution in [2.45, 2.75) is 105 Å². The molecule has 0 fully saturated rings. The Balaban J connectivity index is 2.60. The Bertz CT molecular complexity index is 725. The van der Waals surface area contributed by atoms with Gasteiger partial charge in [-0.25, -0.2) is 0 Å². The second-order valence-electron chi connectivity index (χ2n) is 12.3. The molecule has 2 aromatic heterocycles. The van der Waals surface area contributed by atoms with Crippen molar-refractivity contribution in [1.82, 2.24) is 9.97 Å². The summed E-state index contributed by atoms with van der Waals surface area (Å²) in [7, 11) is 0. The van der Waals surface area contributed by atoms with E-state index >= 15 is 0 Å². The number of H-pyrrole nitrogens is 2. The number of rotatable bonds is 2. The van der Waals surface area contributed by atoms with Crippen molar-refractivity contribution in [3.8, 4) is 0 Å². The summed E-state index contributed by atoms with van der Waals surface area (Å²) >= 11 is -1.52. The van der Waals surface area contributed by atoms with E-state index in [4.69, 9.17) is 0 Å². The van der Waals surface area contributed by atoms with Crippen LogP contribution in [0.1, 0.15) is 106 Å². The van der Waals surface area contributed by atoms with Crippen molar-refractivity contribution in [2.75, 3.05) is 0 Å². The van der Waals surface area contributed by atoms with Gasteiger partial charge in [0, 0.05) is 0 Å². The van der Waals surface area contributed by atoms with Crippen molar-refractivity contribution in [3.63, 3.8) is 0 Å². The summed E-state index contributed by atoms with van der Waals surface area (Å²) in [5, 5.41) is 0. The summed E-state index contributed by atoms with van der Waals surface area (Å²) in [6, 6.07) is 5.00. The van der Waals surface area contributed by atoms with Crippen molar-refractivity contribution in [1.29, 1.82) is 0 Å². The monoisotopic (exact) mass is 494 g/mol. The topological polar surface area (TPSA) is 31.6 Å². The van der Waals surface area contributed by atoms with Gasteiger partial charge >= 0.3 is 194 Å². The third-order valence-electron chi connectivity index (χ3n) is 5.30. The minimum atomic E-state index is -1.52. The Morgan fingerprint density at radius 1 is 0.519 bits per heavy atom. The van der Waals surface area contributed by atoms with Gasteiger partial charge in [0.05, 0.1) is 0 Å². The van der Waals surface area contributed by atoms with Crippen LogP contribution in [-0.4, -0.2) is 54.2 Å². The van der Waals surface area contributed by atoms with E-state index in [0.29, 0.717) is 0 Å². The summed E-state index contributed by atoms with van der Waals surface area (Å²) in [5.74, 6) is 0. The van der Waals surface area contributed by atoms with Gasteiger partial charge in [-0.15, -0.1) is 0 Å². The minimum absolute atomic E-state index is 0.157. The van der Waals surface area contributed by atoms with Crippen LogP contribution >= 0.6 is 0 Å². The van der Waals surface area contributed by atoms with Crippen LogP contribution in [0.2, 0.25) is 0 Å². The normalized spacial score (nSPS) is 13.8. The van der Waals surface area contributed by atoms with E-state index < -0.39 is 44.2 Å². The maximum atomic E-state index is 3.82. The maximum absolute atomic E-state index is 3.82. The third-order valence-corrected chi connectivity index (χ3v) is 11.2. The molecule has 0 unspecified atom stereocenters. The number of aromatic amines is 2. The Morgan fingerprint density at radius 2 is 0.815 bits per heavy atom. The first-order chi connectivity index (χ1) is 11.9. The zero-order chi connectivity index (χ0) is 21.0. The molecule has 0 spiro atoms. The molecule has 2 aromatic rings. The molecule has 3 heteroatoms. The predicted octanol–water partition coefficient (Wildman–Crippen LogP) is 5.19. The molecule has 148 valence electrons. The molecule has 0 radical (unpaired) electrons. The zero-order valence-electron chi connectivity index (χ0n) is 19.9. The van der Waals surface area contributed by atoms with E-state index in [1.165, 1.54) is 22.8 Å². The van der Waals surface area contributed by atoms with Crippen LogP contribution in [0.15, 0.2) is 12.1 Å². The molecule has 0 saturated carbocycles. The Labute approximate surface area is 192 Å². The first-order valence-electron chi connectivity index (χ1n) is 10.4. The summed E-state index contributed by atoms with van der Waals surface area (Å²) in [5.41, 5.74) is 6.33. The van der Waals surface area contributed by atoms with Gasteiger partial charge < -0.3 is 0 Å². The molecule has 0 atom stereocenters. The summed E-state index contributed by atoms with van der Waals surface area (Å²) in [6.45, 7) is 27.9. The van der Waals surface area contributed by atoms with Crippen LogP contribution in [0.4, 0.5) is 0 Å². The van der Waals surface area contributed by atoms with Gasteiger partial charge in [-0.3, -0.25) is 0 Å². The molecule has 0 saturated heterocycles. The molecule has 2 rings (SSSR count). The molecule has 27 heavy (non-hydrogen) atoms. The van der Waals surface area contributed by atoms with Crippen LogP contribution in [0.25, 0.3) is 0 Å². The van der Waals surface area contributed by atoms with Gasteiger partial charge in [-0.1, -0.05) is 0 Å². The van der Waals surface area contributed by atoms with E-state index in [1.807, 2.05) is 0 Å². The van der Waals surface area contributed by atoms with E-state index in [1.54, 1.807) is 0.0628 Å². The fourth-order valence-corrected chi connectivity index (χ4v) is 11.8. The Morgan fingerprint density at radius 3 is 1.04 bits per heavy atom. The Hall–Kier alpha value is 0.131. The molecule has 2 heterocycles. The fraction of sp³-hybridized carbons (Fsp3) is 0.667. The first kappa shape index (κ1) is 23.4. The van der Waals surface area contributed by atoms with Crippen molar-refractivity contribution in [2.24, 2.45) is 0 Å². The van der Waals surface area contributed by atoms with Gasteiger partial charge in [-0.05, 0) is 0 Å². The van der Waals surface area contributed by atoms with E-state index in [9.17, 15) is 0 Å². The molecular weight excluding hydrogens is 454 g/mol. The van der Waals surface area contributed by atoms with Crippen molar-refractivity contribution < 1.29 is 0 Å². The quantitative estimate of drug-likeness (QED) is 0.540. The molecule has 0 aliphatic heterocycles. The summed E-state index contributed by atoms with van der Waals surface area (Å²) in [6.07, 6.45) is 0. The van der Waals surface area contributed by atoms with Gasteiger partial charge in [0.1, 0.15) is 0 Å². The van der Waals surface area contributed by atoms with E-state index in [0.717, 1.165) is 0 Å². The average molecular weight is 494 g/mol. The third kappa shape index (κ3) is 5.60. The second-order valence-corrected chi connectivity index (χ2v) is 18.2. The molecule has 0 aliphatic carbocycles. The molecular formula is C24H40BaN2. The SMILES string of the molecule is CC(C)(C)c1c[c]([Ba][c]2cc(C(C)(C)C)[nH]c2C(C)(C)C)c(C(C)(C)C)[nH]1. The zero-order valence-corrected chi connectivity index (χ0v) is 24.3. The molecule has 0 bridgehead atoms. The molecule has 2 nitrogen and oxygen atoms in total. The number of hydrogen-bond donors (Lipinski definition) is 2. The summed E-state index contributed by atoms with van der Waals surface area (Å²) < 4.78 is 3.30. The van der Waals surface area contributed by atoms with Crippen molar-refractivity contribution >= 4 is 44.2 Å². The van der Waals surface area contributed by atoms with E-state index in [2.05, 4.69) is 105 Å². The molecule has 0 aliphatic rings. The molecule has 0 aromatic carbocycles. The van der Waals surface area contributed by atoms with Crippen LogP contribution in [0.3, 0.4) is 0 Å². The summed E-state index contributed by atoms with van der Waals surface area (Å²) in [4.78, 5) is 7.65. The van der Waals surface area contributed by atoms with Crippen molar-refractivity contribution in [3.05, 3.63) is 34.9 Å². The van der Waals surface area contributed by atoms with Crippen LogP contribution in [0, 0.1) is 0 Å². The number of nitrogens with one attached hydrogen (secondary N) is 2. The Kier molecular flexibility index (Phi) is 6.44. The predicted molar refractivity (Wildman–Crippen MR) is 121 cm³/mol. The molecule has 0 amide bonds. The van der Waals surface area contributed by atoms with Crippen LogP contribution in [-0.2, 0) is 21.7 Å². The molecule has 2 N–H and O–H groups in total. The second kappa shape index (κ2) is 7.43. The van der Waals surface area contributed by atoms with Gasteiger partial charge in [0.25, 0.3) is 0 Å². The van der Waals surface area contributed by atoms with Crippen LogP contribution in [0.5, 0.6) is 0 Å². The van der Waals surface area contributed by atoms with Gasteiger partial charge in [0.2, 0.25) is 0 Å². The number of hydrogen-bond acceptors (Lipinski definition) is 0. The fourth-order valence-electron chi connectivity index (χ4n) is 3.63.